The van der Waals surface area contributed by atoms with E-state index in [9.17, 15) is 4.79 Å². The molecular formula is C12H16N2O3. The van der Waals surface area contributed by atoms with Crippen LogP contribution in [0.5, 0.6) is 0 Å². The molecule has 2 aromatic rings. The van der Waals surface area contributed by atoms with E-state index < -0.39 is 0 Å². The monoisotopic (exact) mass is 236 g/mol. The minimum Gasteiger partial charge on any atom is -0.408 e. The van der Waals surface area contributed by atoms with Crippen molar-refractivity contribution >= 4 is 16.8 Å². The van der Waals surface area contributed by atoms with Gasteiger partial charge in [0.05, 0.1) is 5.52 Å². The Bertz CT molecular complexity index is 571. The van der Waals surface area contributed by atoms with Crippen molar-refractivity contribution in [2.24, 2.45) is 7.05 Å². The first-order valence-corrected chi connectivity index (χ1v) is 5.55. The zero-order chi connectivity index (χ0) is 12.4. The Kier molecular flexibility index (Phi) is 3.19. The second kappa shape index (κ2) is 4.63. The molecule has 0 spiro atoms. The number of fused-ring (bicyclic) bond motifs is 1. The van der Waals surface area contributed by atoms with E-state index in [0.29, 0.717) is 5.58 Å². The van der Waals surface area contributed by atoms with Crippen LogP contribution in [-0.2, 0) is 7.05 Å². The highest BCUT2D eigenvalue weighted by Gasteiger charge is 2.08. The van der Waals surface area contributed by atoms with Gasteiger partial charge >= 0.3 is 5.76 Å². The van der Waals surface area contributed by atoms with Crippen molar-refractivity contribution in [2.45, 2.75) is 6.42 Å². The zero-order valence-electron chi connectivity index (χ0n) is 10.0. The van der Waals surface area contributed by atoms with E-state index in [-0.39, 0.29) is 12.4 Å². The number of benzene rings is 1. The molecule has 0 unspecified atom stereocenters. The van der Waals surface area contributed by atoms with Crippen molar-refractivity contribution in [2.75, 3.05) is 25.1 Å². The molecule has 1 N–H and O–H groups in total. The molecule has 0 aliphatic heterocycles. The molecule has 1 aromatic carbocycles. The summed E-state index contributed by atoms with van der Waals surface area (Å²) in [5, 5.41) is 8.79. The van der Waals surface area contributed by atoms with E-state index in [1.807, 2.05) is 24.1 Å². The molecular weight excluding hydrogens is 220 g/mol. The molecule has 0 bridgehead atoms. The summed E-state index contributed by atoms with van der Waals surface area (Å²) in [5.41, 5.74) is 2.38. The normalized spacial score (nSPS) is 11.0. The number of aromatic nitrogens is 1. The van der Waals surface area contributed by atoms with Crippen molar-refractivity contribution in [3.8, 4) is 0 Å². The summed E-state index contributed by atoms with van der Waals surface area (Å²) in [4.78, 5) is 13.4. The van der Waals surface area contributed by atoms with Crippen LogP contribution in [0.25, 0.3) is 11.1 Å². The standard InChI is InChI=1S/C12H16N2O3/c1-13(6-3-7-15)9-4-5-11-10(8-9)14(2)12(16)17-11/h4-5,8,15H,3,6-7H2,1-2H3. The topological polar surface area (TPSA) is 58.6 Å². The molecule has 0 saturated heterocycles. The summed E-state index contributed by atoms with van der Waals surface area (Å²) in [5.74, 6) is -0.352. The highest BCUT2D eigenvalue weighted by molar-refractivity contribution is 5.77. The second-order valence-electron chi connectivity index (χ2n) is 4.08. The van der Waals surface area contributed by atoms with Crippen LogP contribution < -0.4 is 10.7 Å². The van der Waals surface area contributed by atoms with Gasteiger partial charge in [0, 0.05) is 32.9 Å². The largest absolute Gasteiger partial charge is 0.419 e. The summed E-state index contributed by atoms with van der Waals surface area (Å²) in [7, 11) is 3.64. The molecule has 0 amide bonds. The Labute approximate surface area is 98.9 Å². The van der Waals surface area contributed by atoms with E-state index in [4.69, 9.17) is 9.52 Å². The molecule has 2 rings (SSSR count). The van der Waals surface area contributed by atoms with Crippen molar-refractivity contribution in [3.05, 3.63) is 28.7 Å². The van der Waals surface area contributed by atoms with Gasteiger partial charge in [-0.1, -0.05) is 0 Å². The van der Waals surface area contributed by atoms with Crippen LogP contribution >= 0.6 is 0 Å². The summed E-state index contributed by atoms with van der Waals surface area (Å²) < 4.78 is 6.55. The lowest BCUT2D eigenvalue weighted by molar-refractivity contribution is 0.290. The number of oxazole rings is 1. The number of aryl methyl sites for hydroxylation is 1. The number of anilines is 1. The van der Waals surface area contributed by atoms with Gasteiger partial charge in [-0.05, 0) is 24.6 Å². The Hall–Kier alpha value is -1.75. The summed E-state index contributed by atoms with van der Waals surface area (Å²) in [6.07, 6.45) is 0.721. The molecule has 1 aromatic heterocycles. The summed E-state index contributed by atoms with van der Waals surface area (Å²) >= 11 is 0. The summed E-state index contributed by atoms with van der Waals surface area (Å²) in [6.45, 7) is 0.949. The van der Waals surface area contributed by atoms with Gasteiger partial charge in [0.25, 0.3) is 0 Å². The molecule has 5 nitrogen and oxygen atoms in total. The van der Waals surface area contributed by atoms with Crippen LogP contribution in [0.2, 0.25) is 0 Å². The Morgan fingerprint density at radius 2 is 2.24 bits per heavy atom. The number of rotatable bonds is 4. The number of hydrogen-bond donors (Lipinski definition) is 1. The van der Waals surface area contributed by atoms with Gasteiger partial charge in [-0.15, -0.1) is 0 Å². The van der Waals surface area contributed by atoms with Crippen molar-refractivity contribution < 1.29 is 9.52 Å². The van der Waals surface area contributed by atoms with Crippen molar-refractivity contribution in [1.29, 1.82) is 0 Å². The average Bonchev–Trinajstić information content (AvgIpc) is 2.62. The fraction of sp³-hybridized carbons (Fsp3) is 0.417. The lowest BCUT2D eigenvalue weighted by Gasteiger charge is -2.18. The van der Waals surface area contributed by atoms with Gasteiger partial charge in [0.1, 0.15) is 0 Å². The van der Waals surface area contributed by atoms with Crippen LogP contribution in [0.3, 0.4) is 0 Å². The first-order valence-electron chi connectivity index (χ1n) is 5.55. The highest BCUT2D eigenvalue weighted by Crippen LogP contribution is 2.20. The minimum absolute atomic E-state index is 0.177. The second-order valence-corrected chi connectivity index (χ2v) is 4.08. The quantitative estimate of drug-likeness (QED) is 0.858. The third kappa shape index (κ3) is 2.19. The lowest BCUT2D eigenvalue weighted by atomic mass is 10.2. The van der Waals surface area contributed by atoms with Gasteiger partial charge in [0.2, 0.25) is 0 Å². The average molecular weight is 236 g/mol. The Morgan fingerprint density at radius 3 is 2.94 bits per heavy atom. The van der Waals surface area contributed by atoms with Crippen molar-refractivity contribution in [3.63, 3.8) is 0 Å². The lowest BCUT2D eigenvalue weighted by Crippen LogP contribution is -2.19. The third-order valence-electron chi connectivity index (χ3n) is 2.87. The molecule has 1 heterocycles. The van der Waals surface area contributed by atoms with E-state index >= 15 is 0 Å². The molecule has 0 atom stereocenters. The smallest absolute Gasteiger partial charge is 0.408 e. The number of nitrogens with zero attached hydrogens (tertiary/aromatic N) is 2. The van der Waals surface area contributed by atoms with E-state index in [1.54, 1.807) is 13.1 Å². The fourth-order valence-corrected chi connectivity index (χ4v) is 1.79. The van der Waals surface area contributed by atoms with Gasteiger partial charge in [-0.2, -0.15) is 0 Å². The number of aliphatic hydroxyl groups excluding tert-OH is 1. The van der Waals surface area contributed by atoms with E-state index in [0.717, 1.165) is 24.2 Å². The fourth-order valence-electron chi connectivity index (χ4n) is 1.79. The van der Waals surface area contributed by atoms with Crippen LogP contribution in [0.4, 0.5) is 5.69 Å². The van der Waals surface area contributed by atoms with E-state index in [1.165, 1.54) is 4.57 Å². The van der Waals surface area contributed by atoms with Gasteiger partial charge in [-0.25, -0.2) is 4.79 Å². The molecule has 0 radical (unpaired) electrons. The maximum Gasteiger partial charge on any atom is 0.419 e. The highest BCUT2D eigenvalue weighted by atomic mass is 16.4. The Morgan fingerprint density at radius 1 is 1.47 bits per heavy atom. The zero-order valence-corrected chi connectivity index (χ0v) is 10.0. The molecule has 5 heteroatoms. The molecule has 17 heavy (non-hydrogen) atoms. The first-order chi connectivity index (χ1) is 8.13. The summed E-state index contributed by atoms with van der Waals surface area (Å²) in [6, 6.07) is 5.61. The predicted molar refractivity (Wildman–Crippen MR) is 66.4 cm³/mol. The molecule has 0 aliphatic carbocycles. The van der Waals surface area contributed by atoms with Crippen LogP contribution in [0, 0.1) is 0 Å². The van der Waals surface area contributed by atoms with Crippen molar-refractivity contribution in [1.82, 2.24) is 4.57 Å². The van der Waals surface area contributed by atoms with Gasteiger partial charge < -0.3 is 14.4 Å². The SMILES string of the molecule is CN(CCCO)c1ccc2oc(=O)n(C)c2c1. The van der Waals surface area contributed by atoms with Crippen LogP contribution in [-0.4, -0.2) is 29.9 Å². The van der Waals surface area contributed by atoms with Gasteiger partial charge in [-0.3, -0.25) is 4.57 Å². The van der Waals surface area contributed by atoms with E-state index in [2.05, 4.69) is 0 Å². The molecule has 92 valence electrons. The minimum atomic E-state index is -0.352. The van der Waals surface area contributed by atoms with Crippen LogP contribution in [0.1, 0.15) is 6.42 Å². The predicted octanol–water partition coefficient (Wildman–Crippen LogP) is 0.950. The number of hydrogen-bond acceptors (Lipinski definition) is 4. The van der Waals surface area contributed by atoms with Gasteiger partial charge in [0.15, 0.2) is 5.58 Å². The Balaban J connectivity index is 2.36. The van der Waals surface area contributed by atoms with Crippen LogP contribution in [0.15, 0.2) is 27.4 Å². The first kappa shape index (κ1) is 11.7. The molecule has 0 saturated carbocycles. The number of aliphatic hydroxyl groups is 1. The molecule has 0 fully saturated rings. The molecule has 0 aliphatic rings. The third-order valence-corrected chi connectivity index (χ3v) is 2.87. The maximum absolute atomic E-state index is 11.3. The maximum atomic E-state index is 11.3.